The Labute approximate surface area is 183 Å². The summed E-state index contributed by atoms with van der Waals surface area (Å²) in [5.41, 5.74) is 5.82. The molecule has 4 rings (SSSR count). The molecule has 2 aromatic heterocycles. The number of aromatic nitrogens is 2. The van der Waals surface area contributed by atoms with Gasteiger partial charge in [-0.1, -0.05) is 6.07 Å². The van der Waals surface area contributed by atoms with Gasteiger partial charge in [-0.25, -0.2) is 0 Å². The summed E-state index contributed by atoms with van der Waals surface area (Å²) in [5.74, 6) is 0.862. The fourth-order valence-corrected chi connectivity index (χ4v) is 4.78. The number of ether oxygens (including phenoxy) is 1. The number of nitrogens with zero attached hydrogens (tertiary/aromatic N) is 3. The van der Waals surface area contributed by atoms with E-state index in [0.29, 0.717) is 11.7 Å². The Morgan fingerprint density at radius 3 is 2.47 bits per heavy atom. The van der Waals surface area contributed by atoms with E-state index in [1.54, 1.807) is 0 Å². The molecule has 0 amide bonds. The van der Waals surface area contributed by atoms with E-state index >= 15 is 0 Å². The summed E-state index contributed by atoms with van der Waals surface area (Å²) in [7, 11) is 0. The highest BCUT2D eigenvalue weighted by atomic mass is 32.1. The Morgan fingerprint density at radius 1 is 1.10 bits per heavy atom. The third-order valence-corrected chi connectivity index (χ3v) is 6.09. The third kappa shape index (κ3) is 3.56. The minimum Gasteiger partial charge on any atom is -0.494 e. The van der Waals surface area contributed by atoms with Gasteiger partial charge in [-0.15, -0.1) is 0 Å². The number of rotatable bonds is 6. The monoisotopic (exact) mass is 420 g/mol. The van der Waals surface area contributed by atoms with Gasteiger partial charge < -0.3 is 19.5 Å². The average molecular weight is 421 g/mol. The highest BCUT2D eigenvalue weighted by molar-refractivity contribution is 7.80. The first-order valence-corrected chi connectivity index (χ1v) is 10.9. The Morgan fingerprint density at radius 2 is 1.87 bits per heavy atom. The SMILES string of the molecule is CCOc1ccc(N2C(=S)N[C@H](c3ccccn3)[C@@H]2c2cc(C)n(CC)c2C)cc1. The van der Waals surface area contributed by atoms with Crippen LogP contribution < -0.4 is 15.0 Å². The van der Waals surface area contributed by atoms with Crippen molar-refractivity contribution in [2.75, 3.05) is 11.5 Å². The summed E-state index contributed by atoms with van der Waals surface area (Å²) < 4.78 is 7.97. The van der Waals surface area contributed by atoms with Gasteiger partial charge in [-0.2, -0.15) is 0 Å². The molecule has 1 saturated heterocycles. The van der Waals surface area contributed by atoms with Crippen LogP contribution >= 0.6 is 12.2 Å². The Bertz CT molecular complexity index is 1030. The molecule has 0 spiro atoms. The first-order valence-electron chi connectivity index (χ1n) is 10.4. The van der Waals surface area contributed by atoms with Crippen molar-refractivity contribution >= 4 is 23.0 Å². The van der Waals surface area contributed by atoms with Gasteiger partial charge in [0.15, 0.2) is 5.11 Å². The smallest absolute Gasteiger partial charge is 0.174 e. The molecule has 1 aliphatic rings. The molecule has 1 aliphatic heterocycles. The van der Waals surface area contributed by atoms with Crippen molar-refractivity contribution < 1.29 is 4.74 Å². The van der Waals surface area contributed by atoms with Crippen molar-refractivity contribution in [1.29, 1.82) is 0 Å². The fraction of sp³-hybridized carbons (Fsp3) is 0.333. The molecule has 6 heteroatoms. The van der Waals surface area contributed by atoms with E-state index in [0.717, 1.165) is 23.7 Å². The van der Waals surface area contributed by atoms with Gasteiger partial charge in [0.05, 0.1) is 24.4 Å². The molecule has 1 fully saturated rings. The van der Waals surface area contributed by atoms with E-state index in [1.165, 1.54) is 17.0 Å². The van der Waals surface area contributed by atoms with Crippen molar-refractivity contribution in [3.63, 3.8) is 0 Å². The second-order valence-electron chi connectivity index (χ2n) is 7.49. The molecule has 0 unspecified atom stereocenters. The van der Waals surface area contributed by atoms with Crippen LogP contribution in [-0.4, -0.2) is 21.3 Å². The molecular formula is C24H28N4OS. The van der Waals surface area contributed by atoms with Crippen LogP contribution in [0.25, 0.3) is 0 Å². The lowest BCUT2D eigenvalue weighted by Gasteiger charge is -2.28. The second kappa shape index (κ2) is 8.48. The number of aryl methyl sites for hydroxylation is 1. The number of benzene rings is 1. The van der Waals surface area contributed by atoms with Gasteiger partial charge in [-0.3, -0.25) is 4.98 Å². The van der Waals surface area contributed by atoms with Crippen molar-refractivity contribution in [3.05, 3.63) is 77.4 Å². The predicted octanol–water partition coefficient (Wildman–Crippen LogP) is 5.10. The Balaban J connectivity index is 1.82. The molecular weight excluding hydrogens is 392 g/mol. The van der Waals surface area contributed by atoms with Crippen molar-refractivity contribution in [2.24, 2.45) is 0 Å². The first kappa shape index (κ1) is 20.4. The lowest BCUT2D eigenvalue weighted by atomic mass is 9.96. The largest absolute Gasteiger partial charge is 0.494 e. The highest BCUT2D eigenvalue weighted by Gasteiger charge is 2.42. The lowest BCUT2D eigenvalue weighted by molar-refractivity contribution is 0.340. The van der Waals surface area contributed by atoms with Gasteiger partial charge in [0.2, 0.25) is 0 Å². The van der Waals surface area contributed by atoms with Crippen molar-refractivity contribution in [3.8, 4) is 5.75 Å². The fourth-order valence-electron chi connectivity index (χ4n) is 4.43. The number of anilines is 1. The molecule has 1 aromatic carbocycles. The quantitative estimate of drug-likeness (QED) is 0.562. The van der Waals surface area contributed by atoms with E-state index < -0.39 is 0 Å². The lowest BCUT2D eigenvalue weighted by Crippen LogP contribution is -2.29. The molecule has 0 saturated carbocycles. The minimum absolute atomic E-state index is 0.0110. The summed E-state index contributed by atoms with van der Waals surface area (Å²) in [4.78, 5) is 6.86. The maximum absolute atomic E-state index is 5.82. The number of pyridine rings is 1. The van der Waals surface area contributed by atoms with Crippen LogP contribution in [0.2, 0.25) is 0 Å². The van der Waals surface area contributed by atoms with E-state index in [4.69, 9.17) is 17.0 Å². The molecule has 5 nitrogen and oxygen atoms in total. The zero-order valence-electron chi connectivity index (χ0n) is 17.9. The Kier molecular flexibility index (Phi) is 5.77. The van der Waals surface area contributed by atoms with Gasteiger partial charge >= 0.3 is 0 Å². The summed E-state index contributed by atoms with van der Waals surface area (Å²) in [5, 5.41) is 4.24. The number of nitrogens with one attached hydrogen (secondary N) is 1. The van der Waals surface area contributed by atoms with E-state index in [2.05, 4.69) is 64.8 Å². The van der Waals surface area contributed by atoms with Gasteiger partial charge in [0, 0.05) is 29.8 Å². The van der Waals surface area contributed by atoms with Crippen LogP contribution in [0.4, 0.5) is 5.69 Å². The summed E-state index contributed by atoms with van der Waals surface area (Å²) in [6.07, 6.45) is 1.84. The van der Waals surface area contributed by atoms with E-state index in [9.17, 15) is 0 Å². The zero-order chi connectivity index (χ0) is 21.3. The van der Waals surface area contributed by atoms with Crippen LogP contribution in [0.3, 0.4) is 0 Å². The molecule has 3 aromatic rings. The Hall–Kier alpha value is -2.86. The van der Waals surface area contributed by atoms with Crippen LogP contribution in [0.1, 0.15) is 48.6 Å². The summed E-state index contributed by atoms with van der Waals surface area (Å²) in [6.45, 7) is 10.1. The van der Waals surface area contributed by atoms with Gasteiger partial charge in [0.1, 0.15) is 5.75 Å². The standard InChI is InChI=1S/C24H28N4OS/c1-5-27-16(3)15-20(17(27)4)23-22(21-9-7-8-14-25-21)26-24(30)28(23)18-10-12-19(13-11-18)29-6-2/h7-15,22-23H,5-6H2,1-4H3,(H,26,30)/t22-,23+/m1/s1. The van der Waals surface area contributed by atoms with Gasteiger partial charge in [0.25, 0.3) is 0 Å². The summed E-state index contributed by atoms with van der Waals surface area (Å²) in [6, 6.07) is 16.5. The summed E-state index contributed by atoms with van der Waals surface area (Å²) >= 11 is 5.82. The molecule has 156 valence electrons. The second-order valence-corrected chi connectivity index (χ2v) is 7.88. The molecule has 2 atom stereocenters. The van der Waals surface area contributed by atoms with E-state index in [-0.39, 0.29) is 12.1 Å². The number of thiocarbonyl (C=S) groups is 1. The van der Waals surface area contributed by atoms with Crippen molar-refractivity contribution in [2.45, 2.75) is 46.3 Å². The first-order chi connectivity index (χ1) is 14.5. The maximum Gasteiger partial charge on any atom is 0.174 e. The van der Waals surface area contributed by atoms with Crippen LogP contribution in [0.5, 0.6) is 5.75 Å². The van der Waals surface area contributed by atoms with Crippen LogP contribution in [0.15, 0.2) is 54.7 Å². The van der Waals surface area contributed by atoms with Crippen LogP contribution in [-0.2, 0) is 6.54 Å². The third-order valence-electron chi connectivity index (χ3n) is 5.77. The van der Waals surface area contributed by atoms with Gasteiger partial charge in [-0.05, 0) is 87.9 Å². The van der Waals surface area contributed by atoms with E-state index in [1.807, 2.05) is 37.4 Å². The predicted molar refractivity (Wildman–Crippen MR) is 125 cm³/mol. The minimum atomic E-state index is -0.0314. The molecule has 3 heterocycles. The molecule has 0 bridgehead atoms. The normalized spacial score (nSPS) is 18.5. The number of hydrogen-bond acceptors (Lipinski definition) is 3. The molecule has 0 radical (unpaired) electrons. The number of hydrogen-bond donors (Lipinski definition) is 1. The molecule has 1 N–H and O–H groups in total. The average Bonchev–Trinajstić information content (AvgIpc) is 3.24. The maximum atomic E-state index is 5.82. The van der Waals surface area contributed by atoms with Crippen molar-refractivity contribution in [1.82, 2.24) is 14.9 Å². The van der Waals surface area contributed by atoms with Crippen LogP contribution in [0, 0.1) is 13.8 Å². The zero-order valence-corrected chi connectivity index (χ0v) is 18.7. The molecule has 30 heavy (non-hydrogen) atoms. The highest BCUT2D eigenvalue weighted by Crippen LogP contribution is 2.43. The topological polar surface area (TPSA) is 42.3 Å². The molecule has 0 aliphatic carbocycles.